The van der Waals surface area contributed by atoms with Gasteiger partial charge in [-0.1, -0.05) is 11.6 Å². The number of H-pyrrole nitrogens is 1. The molecule has 1 amide bonds. The molecule has 0 fully saturated rings. The van der Waals surface area contributed by atoms with E-state index in [2.05, 4.69) is 10.2 Å². The highest BCUT2D eigenvalue weighted by molar-refractivity contribution is 6.32. The van der Waals surface area contributed by atoms with Gasteiger partial charge in [0.25, 0.3) is 5.91 Å². The molecule has 0 unspecified atom stereocenters. The standard InChI is InChI=1S/C20H18ClN3O5/c1-29-18-6-10(2-3-15(18)25)20(28)24-5-4-14-12(9-24)19(23-22-14)11-7-13(21)17(27)8-16(11)26/h2-3,6-8,25-27H,4-5,9H2,1H3,(H,22,23). The van der Waals surface area contributed by atoms with Crippen LogP contribution in [0.1, 0.15) is 21.6 Å². The molecule has 2 heterocycles. The second-order valence-corrected chi connectivity index (χ2v) is 7.12. The first kappa shape index (κ1) is 18.9. The van der Waals surface area contributed by atoms with Gasteiger partial charge in [-0.15, -0.1) is 0 Å². The number of methoxy groups -OCH3 is 1. The molecule has 8 nitrogen and oxygen atoms in total. The zero-order chi connectivity index (χ0) is 20.7. The Morgan fingerprint density at radius 3 is 2.72 bits per heavy atom. The predicted octanol–water partition coefficient (Wildman–Crippen LogP) is 3.05. The maximum atomic E-state index is 13.0. The molecule has 0 saturated carbocycles. The Morgan fingerprint density at radius 2 is 1.97 bits per heavy atom. The molecule has 2 aromatic carbocycles. The second kappa shape index (κ2) is 7.21. The van der Waals surface area contributed by atoms with E-state index in [1.165, 1.54) is 31.4 Å². The van der Waals surface area contributed by atoms with Crippen molar-refractivity contribution < 1.29 is 24.9 Å². The van der Waals surface area contributed by atoms with E-state index < -0.39 is 0 Å². The number of aromatic nitrogens is 2. The quantitative estimate of drug-likeness (QED) is 0.522. The summed E-state index contributed by atoms with van der Waals surface area (Å²) < 4.78 is 5.08. The number of aromatic amines is 1. The molecule has 0 spiro atoms. The van der Waals surface area contributed by atoms with Crippen molar-refractivity contribution in [2.45, 2.75) is 13.0 Å². The fourth-order valence-corrected chi connectivity index (χ4v) is 3.59. The van der Waals surface area contributed by atoms with Crippen LogP contribution in [0.4, 0.5) is 0 Å². The summed E-state index contributed by atoms with van der Waals surface area (Å²) in [5.74, 6) is -0.416. The third-order valence-electron chi connectivity index (χ3n) is 4.97. The minimum atomic E-state index is -0.226. The number of nitrogens with zero attached hydrogens (tertiary/aromatic N) is 2. The first-order valence-electron chi connectivity index (χ1n) is 8.83. The number of carbonyl (C=O) groups excluding carboxylic acids is 1. The molecule has 4 N–H and O–H groups in total. The van der Waals surface area contributed by atoms with Gasteiger partial charge < -0.3 is 25.0 Å². The SMILES string of the molecule is COc1cc(C(=O)N2CCc3[nH]nc(-c4cc(Cl)c(O)cc4O)c3C2)ccc1O. The molecule has 1 aromatic heterocycles. The van der Waals surface area contributed by atoms with Gasteiger partial charge in [0, 0.05) is 48.0 Å². The predicted molar refractivity (Wildman–Crippen MR) is 105 cm³/mol. The molecule has 0 atom stereocenters. The van der Waals surface area contributed by atoms with Crippen molar-refractivity contribution in [2.75, 3.05) is 13.7 Å². The number of fused-ring (bicyclic) bond motifs is 1. The van der Waals surface area contributed by atoms with Gasteiger partial charge in [0.05, 0.1) is 12.1 Å². The number of nitrogens with one attached hydrogen (secondary N) is 1. The summed E-state index contributed by atoms with van der Waals surface area (Å²) in [5.41, 5.74) is 2.87. The van der Waals surface area contributed by atoms with Crippen LogP contribution in [0.5, 0.6) is 23.0 Å². The number of carbonyl (C=O) groups is 1. The molecule has 150 valence electrons. The molecule has 0 aliphatic carbocycles. The smallest absolute Gasteiger partial charge is 0.254 e. The number of hydrogen-bond acceptors (Lipinski definition) is 6. The van der Waals surface area contributed by atoms with Gasteiger partial charge >= 0.3 is 0 Å². The molecule has 0 radical (unpaired) electrons. The molecular weight excluding hydrogens is 398 g/mol. The number of amides is 1. The second-order valence-electron chi connectivity index (χ2n) is 6.71. The van der Waals surface area contributed by atoms with Crippen LogP contribution in [0, 0.1) is 0 Å². The van der Waals surface area contributed by atoms with E-state index in [0.717, 1.165) is 17.3 Å². The number of hydrogen-bond donors (Lipinski definition) is 4. The Kier molecular flexibility index (Phi) is 4.71. The molecule has 1 aliphatic rings. The van der Waals surface area contributed by atoms with Crippen LogP contribution in [-0.2, 0) is 13.0 Å². The van der Waals surface area contributed by atoms with E-state index in [0.29, 0.717) is 29.8 Å². The van der Waals surface area contributed by atoms with E-state index >= 15 is 0 Å². The van der Waals surface area contributed by atoms with Crippen LogP contribution in [0.15, 0.2) is 30.3 Å². The van der Waals surface area contributed by atoms with Crippen molar-refractivity contribution in [1.82, 2.24) is 15.1 Å². The Morgan fingerprint density at radius 1 is 1.17 bits per heavy atom. The van der Waals surface area contributed by atoms with Crippen molar-refractivity contribution in [3.8, 4) is 34.3 Å². The zero-order valence-electron chi connectivity index (χ0n) is 15.4. The number of halogens is 1. The van der Waals surface area contributed by atoms with Crippen molar-refractivity contribution in [1.29, 1.82) is 0 Å². The van der Waals surface area contributed by atoms with Crippen LogP contribution >= 0.6 is 11.6 Å². The lowest BCUT2D eigenvalue weighted by atomic mass is 9.99. The Hall–Kier alpha value is -3.39. The van der Waals surface area contributed by atoms with Crippen LogP contribution in [0.3, 0.4) is 0 Å². The topological polar surface area (TPSA) is 119 Å². The number of rotatable bonds is 3. The lowest BCUT2D eigenvalue weighted by molar-refractivity contribution is 0.0734. The van der Waals surface area contributed by atoms with E-state index in [4.69, 9.17) is 16.3 Å². The zero-order valence-corrected chi connectivity index (χ0v) is 16.2. The van der Waals surface area contributed by atoms with Gasteiger partial charge in [0.2, 0.25) is 0 Å². The summed E-state index contributed by atoms with van der Waals surface area (Å²) in [4.78, 5) is 14.6. The van der Waals surface area contributed by atoms with Crippen LogP contribution in [-0.4, -0.2) is 50.0 Å². The number of ether oxygens (including phenoxy) is 1. The summed E-state index contributed by atoms with van der Waals surface area (Å²) in [7, 11) is 1.42. The maximum absolute atomic E-state index is 13.0. The molecule has 0 bridgehead atoms. The van der Waals surface area contributed by atoms with Crippen LogP contribution in [0.25, 0.3) is 11.3 Å². The van der Waals surface area contributed by atoms with Gasteiger partial charge in [-0.2, -0.15) is 5.10 Å². The number of phenols is 3. The third-order valence-corrected chi connectivity index (χ3v) is 5.27. The van der Waals surface area contributed by atoms with Crippen molar-refractivity contribution >= 4 is 17.5 Å². The largest absolute Gasteiger partial charge is 0.507 e. The first-order valence-corrected chi connectivity index (χ1v) is 9.21. The molecule has 1 aliphatic heterocycles. The fourth-order valence-electron chi connectivity index (χ4n) is 3.42. The lowest BCUT2D eigenvalue weighted by Gasteiger charge is -2.27. The summed E-state index contributed by atoms with van der Waals surface area (Å²) in [5, 5.41) is 37.0. The Bertz CT molecular complexity index is 1110. The minimum absolute atomic E-state index is 0.0400. The van der Waals surface area contributed by atoms with Gasteiger partial charge in [-0.05, 0) is 24.3 Å². The highest BCUT2D eigenvalue weighted by Gasteiger charge is 2.28. The monoisotopic (exact) mass is 415 g/mol. The molecule has 4 rings (SSSR count). The summed E-state index contributed by atoms with van der Waals surface area (Å²) >= 11 is 5.99. The normalized spacial score (nSPS) is 13.2. The van der Waals surface area contributed by atoms with E-state index in [1.54, 1.807) is 4.90 Å². The van der Waals surface area contributed by atoms with Crippen LogP contribution < -0.4 is 4.74 Å². The molecule has 9 heteroatoms. The van der Waals surface area contributed by atoms with Gasteiger partial charge in [-0.25, -0.2) is 0 Å². The van der Waals surface area contributed by atoms with E-state index in [-0.39, 0.29) is 40.5 Å². The highest BCUT2D eigenvalue weighted by Crippen LogP contribution is 2.39. The lowest BCUT2D eigenvalue weighted by Crippen LogP contribution is -2.35. The Balaban J connectivity index is 1.66. The molecule has 0 saturated heterocycles. The van der Waals surface area contributed by atoms with Gasteiger partial charge in [0.15, 0.2) is 11.5 Å². The summed E-state index contributed by atoms with van der Waals surface area (Å²) in [6.07, 6.45) is 0.565. The number of aromatic hydroxyl groups is 3. The number of benzene rings is 2. The van der Waals surface area contributed by atoms with Gasteiger partial charge in [0.1, 0.15) is 17.2 Å². The van der Waals surface area contributed by atoms with Crippen LogP contribution in [0.2, 0.25) is 5.02 Å². The fraction of sp³-hybridized carbons (Fsp3) is 0.200. The summed E-state index contributed by atoms with van der Waals surface area (Å²) in [6, 6.07) is 7.05. The van der Waals surface area contributed by atoms with Crippen molar-refractivity contribution in [2.24, 2.45) is 0 Å². The van der Waals surface area contributed by atoms with E-state index in [1.807, 2.05) is 0 Å². The molecule has 3 aromatic rings. The third kappa shape index (κ3) is 3.31. The molecular formula is C20H18ClN3O5. The maximum Gasteiger partial charge on any atom is 0.254 e. The summed E-state index contributed by atoms with van der Waals surface area (Å²) in [6.45, 7) is 0.764. The van der Waals surface area contributed by atoms with Gasteiger partial charge in [-0.3, -0.25) is 9.89 Å². The highest BCUT2D eigenvalue weighted by atomic mass is 35.5. The van der Waals surface area contributed by atoms with E-state index in [9.17, 15) is 20.1 Å². The first-order chi connectivity index (χ1) is 13.9. The minimum Gasteiger partial charge on any atom is -0.507 e. The number of phenolic OH excluding ortho intramolecular Hbond substituents is 3. The molecule has 29 heavy (non-hydrogen) atoms. The van der Waals surface area contributed by atoms with Crippen molar-refractivity contribution in [3.05, 3.63) is 52.2 Å². The Labute approximate surface area is 170 Å². The average molecular weight is 416 g/mol. The average Bonchev–Trinajstić information content (AvgIpc) is 3.13. The van der Waals surface area contributed by atoms with Crippen molar-refractivity contribution in [3.63, 3.8) is 0 Å².